The van der Waals surface area contributed by atoms with Gasteiger partial charge in [0.2, 0.25) is 0 Å². The Hall–Kier alpha value is -1.96. The fraction of sp³-hybridized carbons (Fsp3) is 0.522. The van der Waals surface area contributed by atoms with Gasteiger partial charge >= 0.3 is 0 Å². The van der Waals surface area contributed by atoms with Gasteiger partial charge in [-0.1, -0.05) is 42.1 Å². The number of nitrogens with zero attached hydrogens (tertiary/aromatic N) is 4. The van der Waals surface area contributed by atoms with Gasteiger partial charge in [0, 0.05) is 32.2 Å². The van der Waals surface area contributed by atoms with Crippen LogP contribution in [0.25, 0.3) is 0 Å². The zero-order chi connectivity index (χ0) is 21.3. The number of hydrogen-bond donors (Lipinski definition) is 1. The minimum Gasteiger partial charge on any atom is -0.338 e. The maximum Gasteiger partial charge on any atom is 0.257 e. The summed E-state index contributed by atoms with van der Waals surface area (Å²) in [4.78, 5) is 26.7. The molecule has 160 valence electrons. The number of benzene rings is 1. The molecule has 0 aliphatic carbocycles. The molecule has 2 saturated heterocycles. The molecule has 7 heteroatoms. The predicted molar refractivity (Wildman–Crippen MR) is 121 cm³/mol. The Bertz CT molecular complexity index is 869. The first-order chi connectivity index (χ1) is 14.5. The summed E-state index contributed by atoms with van der Waals surface area (Å²) in [6.45, 7) is 8.60. The number of aromatic nitrogens is 2. The lowest BCUT2D eigenvalue weighted by molar-refractivity contribution is 0.0771. The van der Waals surface area contributed by atoms with E-state index >= 15 is 0 Å². The molecule has 4 rings (SSSR count). The SMILES string of the molecule is CSc1nc(C)c(C(=O)N2CC3CN(CC[C@H](N)c4ccccc4)CC3C2)c(C)n1. The first-order valence-electron chi connectivity index (χ1n) is 10.7. The lowest BCUT2D eigenvalue weighted by Crippen LogP contribution is -2.35. The van der Waals surface area contributed by atoms with Crippen LogP contribution in [0.4, 0.5) is 0 Å². The first-order valence-corrected chi connectivity index (χ1v) is 11.9. The minimum atomic E-state index is 0.0833. The second kappa shape index (κ2) is 9.04. The molecule has 3 atom stereocenters. The van der Waals surface area contributed by atoms with Crippen molar-refractivity contribution in [2.45, 2.75) is 31.5 Å². The normalized spacial score (nSPS) is 22.3. The molecule has 2 aliphatic rings. The molecule has 1 aromatic carbocycles. The average molecular weight is 426 g/mol. The number of carbonyl (C=O) groups is 1. The molecule has 0 radical (unpaired) electrons. The van der Waals surface area contributed by atoms with Gasteiger partial charge in [-0.2, -0.15) is 0 Å². The molecule has 2 fully saturated rings. The monoisotopic (exact) mass is 425 g/mol. The van der Waals surface area contributed by atoms with Crippen molar-refractivity contribution in [2.75, 3.05) is 39.0 Å². The van der Waals surface area contributed by atoms with Crippen molar-refractivity contribution in [3.8, 4) is 0 Å². The molecule has 6 nitrogen and oxygen atoms in total. The van der Waals surface area contributed by atoms with Crippen LogP contribution in [0.2, 0.25) is 0 Å². The largest absolute Gasteiger partial charge is 0.338 e. The lowest BCUT2D eigenvalue weighted by atomic mass is 10.0. The van der Waals surface area contributed by atoms with Crippen molar-refractivity contribution >= 4 is 17.7 Å². The Morgan fingerprint density at radius 2 is 1.70 bits per heavy atom. The summed E-state index contributed by atoms with van der Waals surface area (Å²) >= 11 is 1.51. The summed E-state index contributed by atoms with van der Waals surface area (Å²) in [5.74, 6) is 1.19. The lowest BCUT2D eigenvalue weighted by Gasteiger charge is -2.23. The highest BCUT2D eigenvalue weighted by Gasteiger charge is 2.42. The van der Waals surface area contributed by atoms with E-state index in [9.17, 15) is 4.79 Å². The summed E-state index contributed by atoms with van der Waals surface area (Å²) < 4.78 is 0. The van der Waals surface area contributed by atoms with Crippen LogP contribution in [0.15, 0.2) is 35.5 Å². The third-order valence-electron chi connectivity index (χ3n) is 6.48. The van der Waals surface area contributed by atoms with E-state index < -0.39 is 0 Å². The summed E-state index contributed by atoms with van der Waals surface area (Å²) in [5.41, 5.74) is 9.82. The smallest absolute Gasteiger partial charge is 0.257 e. The molecule has 1 aromatic heterocycles. The van der Waals surface area contributed by atoms with Crippen LogP contribution in [-0.4, -0.2) is 64.7 Å². The number of likely N-dealkylation sites (tertiary alicyclic amines) is 2. The number of thioether (sulfide) groups is 1. The maximum absolute atomic E-state index is 13.2. The van der Waals surface area contributed by atoms with Crippen molar-refractivity contribution in [1.82, 2.24) is 19.8 Å². The van der Waals surface area contributed by atoms with Gasteiger partial charge < -0.3 is 15.5 Å². The van der Waals surface area contributed by atoms with Crippen LogP contribution < -0.4 is 5.73 Å². The number of nitrogens with two attached hydrogens (primary N) is 1. The molecule has 30 heavy (non-hydrogen) atoms. The van der Waals surface area contributed by atoms with Gasteiger partial charge in [0.25, 0.3) is 5.91 Å². The summed E-state index contributed by atoms with van der Waals surface area (Å²) in [5, 5.41) is 0.726. The average Bonchev–Trinajstić information content (AvgIpc) is 3.30. The van der Waals surface area contributed by atoms with Crippen LogP contribution in [0.1, 0.15) is 39.8 Å². The second-order valence-corrected chi connectivity index (χ2v) is 9.33. The highest BCUT2D eigenvalue weighted by Crippen LogP contribution is 2.33. The van der Waals surface area contributed by atoms with Crippen molar-refractivity contribution in [3.63, 3.8) is 0 Å². The standard InChI is InChI=1S/C23H31N5OS/c1-15-21(16(2)26-23(25-15)30-3)22(29)28-13-18-11-27(12-19(18)14-28)10-9-20(24)17-7-5-4-6-8-17/h4-8,18-20H,9-14,24H2,1-3H3/t18?,19?,20-/m0/s1. The first kappa shape index (κ1) is 21.3. The van der Waals surface area contributed by atoms with E-state index in [0.29, 0.717) is 17.4 Å². The second-order valence-electron chi connectivity index (χ2n) is 8.55. The number of fused-ring (bicyclic) bond motifs is 1. The molecule has 2 aromatic rings. The molecule has 1 amide bonds. The van der Waals surface area contributed by atoms with Gasteiger partial charge in [0.15, 0.2) is 5.16 Å². The fourth-order valence-corrected chi connectivity index (χ4v) is 5.33. The number of carbonyl (C=O) groups excluding carboxylic acids is 1. The summed E-state index contributed by atoms with van der Waals surface area (Å²) in [6, 6.07) is 10.4. The number of hydrogen-bond acceptors (Lipinski definition) is 6. The quantitative estimate of drug-likeness (QED) is 0.567. The molecule has 3 heterocycles. The Balaban J connectivity index is 1.32. The van der Waals surface area contributed by atoms with E-state index in [1.807, 2.05) is 43.2 Å². The van der Waals surface area contributed by atoms with Gasteiger partial charge in [0.1, 0.15) is 0 Å². The maximum atomic E-state index is 13.2. The fourth-order valence-electron chi connectivity index (χ4n) is 4.87. The van der Waals surface area contributed by atoms with Gasteiger partial charge in [-0.15, -0.1) is 0 Å². The third-order valence-corrected chi connectivity index (χ3v) is 7.03. The molecule has 2 N–H and O–H groups in total. The number of amides is 1. The van der Waals surface area contributed by atoms with Crippen LogP contribution in [0.3, 0.4) is 0 Å². The molecular formula is C23H31N5OS. The predicted octanol–water partition coefficient (Wildman–Crippen LogP) is 2.91. The van der Waals surface area contributed by atoms with Crippen molar-refractivity contribution in [3.05, 3.63) is 52.8 Å². The highest BCUT2D eigenvalue weighted by atomic mass is 32.2. The van der Waals surface area contributed by atoms with E-state index in [1.165, 1.54) is 17.3 Å². The van der Waals surface area contributed by atoms with Gasteiger partial charge in [-0.25, -0.2) is 9.97 Å². The van der Waals surface area contributed by atoms with E-state index in [4.69, 9.17) is 5.73 Å². The highest BCUT2D eigenvalue weighted by molar-refractivity contribution is 7.98. The Morgan fingerprint density at radius 3 is 2.27 bits per heavy atom. The third kappa shape index (κ3) is 4.38. The molecule has 2 unspecified atom stereocenters. The van der Waals surface area contributed by atoms with Crippen LogP contribution in [0, 0.1) is 25.7 Å². The van der Waals surface area contributed by atoms with E-state index in [0.717, 1.165) is 55.7 Å². The Labute approximate surface area is 183 Å². The summed E-state index contributed by atoms with van der Waals surface area (Å²) in [6.07, 6.45) is 2.92. The molecular weight excluding hydrogens is 394 g/mol. The topological polar surface area (TPSA) is 75.4 Å². The zero-order valence-electron chi connectivity index (χ0n) is 18.0. The zero-order valence-corrected chi connectivity index (χ0v) is 18.9. The molecule has 0 saturated carbocycles. The number of rotatable bonds is 6. The molecule has 2 aliphatic heterocycles. The summed E-state index contributed by atoms with van der Waals surface area (Å²) in [7, 11) is 0. The van der Waals surface area contributed by atoms with E-state index in [2.05, 4.69) is 27.0 Å². The van der Waals surface area contributed by atoms with Gasteiger partial charge in [0.05, 0.1) is 17.0 Å². The van der Waals surface area contributed by atoms with Crippen LogP contribution in [0.5, 0.6) is 0 Å². The van der Waals surface area contributed by atoms with Crippen molar-refractivity contribution in [2.24, 2.45) is 17.6 Å². The van der Waals surface area contributed by atoms with Crippen molar-refractivity contribution < 1.29 is 4.79 Å². The van der Waals surface area contributed by atoms with E-state index in [1.54, 1.807) is 0 Å². The van der Waals surface area contributed by atoms with Gasteiger partial charge in [-0.05, 0) is 50.5 Å². The molecule has 0 bridgehead atoms. The number of aryl methyl sites for hydroxylation is 2. The van der Waals surface area contributed by atoms with E-state index in [-0.39, 0.29) is 11.9 Å². The minimum absolute atomic E-state index is 0.0833. The molecule has 0 spiro atoms. The van der Waals surface area contributed by atoms with Gasteiger partial charge in [-0.3, -0.25) is 4.79 Å². The van der Waals surface area contributed by atoms with Crippen LogP contribution in [-0.2, 0) is 0 Å². The van der Waals surface area contributed by atoms with Crippen molar-refractivity contribution in [1.29, 1.82) is 0 Å². The Morgan fingerprint density at radius 1 is 1.10 bits per heavy atom. The Kier molecular flexibility index (Phi) is 6.41. The van der Waals surface area contributed by atoms with Crippen LogP contribution >= 0.6 is 11.8 Å².